The first-order chi connectivity index (χ1) is 9.16. The molecule has 4 heteroatoms. The van der Waals surface area contributed by atoms with Gasteiger partial charge in [-0.1, -0.05) is 32.1 Å². The van der Waals surface area contributed by atoms with Crippen molar-refractivity contribution in [3.8, 4) is 0 Å². The molecule has 1 amide bonds. The van der Waals surface area contributed by atoms with Crippen LogP contribution in [0.3, 0.4) is 0 Å². The maximum absolute atomic E-state index is 12.0. The second-order valence-corrected chi connectivity index (χ2v) is 6.11. The van der Waals surface area contributed by atoms with Gasteiger partial charge in [0, 0.05) is 12.5 Å². The van der Waals surface area contributed by atoms with E-state index in [1.807, 2.05) is 0 Å². The highest BCUT2D eigenvalue weighted by Crippen LogP contribution is 2.28. The smallest absolute Gasteiger partial charge is 0.308 e. The van der Waals surface area contributed by atoms with Crippen LogP contribution in [0.15, 0.2) is 0 Å². The Hall–Kier alpha value is -1.06. The molecule has 108 valence electrons. The Kier molecular flexibility index (Phi) is 5.23. The fourth-order valence-corrected chi connectivity index (χ4v) is 3.52. The molecular weight excluding hydrogens is 242 g/mol. The average molecular weight is 267 g/mol. The van der Waals surface area contributed by atoms with Crippen LogP contribution in [0.1, 0.15) is 64.2 Å². The Bertz CT molecular complexity index is 321. The van der Waals surface area contributed by atoms with E-state index in [1.54, 1.807) is 0 Å². The molecular formula is C15H25NO3. The van der Waals surface area contributed by atoms with E-state index < -0.39 is 5.97 Å². The van der Waals surface area contributed by atoms with Crippen LogP contribution >= 0.6 is 0 Å². The lowest BCUT2D eigenvalue weighted by molar-refractivity contribution is -0.142. The molecule has 0 aliphatic heterocycles. The minimum Gasteiger partial charge on any atom is -0.481 e. The highest BCUT2D eigenvalue weighted by atomic mass is 16.4. The summed E-state index contributed by atoms with van der Waals surface area (Å²) in [5.74, 6) is -0.576. The summed E-state index contributed by atoms with van der Waals surface area (Å²) in [7, 11) is 0. The van der Waals surface area contributed by atoms with Gasteiger partial charge in [0.1, 0.15) is 0 Å². The topological polar surface area (TPSA) is 66.4 Å². The number of carboxylic acid groups (broad SMARTS) is 1. The Morgan fingerprint density at radius 2 is 1.63 bits per heavy atom. The molecule has 0 radical (unpaired) electrons. The molecule has 2 aliphatic carbocycles. The van der Waals surface area contributed by atoms with Gasteiger partial charge in [0.05, 0.1) is 5.92 Å². The van der Waals surface area contributed by atoms with Crippen molar-refractivity contribution in [1.82, 2.24) is 5.32 Å². The molecule has 0 aromatic carbocycles. The van der Waals surface area contributed by atoms with E-state index in [2.05, 4.69) is 5.32 Å². The first-order valence-electron chi connectivity index (χ1n) is 7.69. The largest absolute Gasteiger partial charge is 0.481 e. The molecule has 0 spiro atoms. The van der Waals surface area contributed by atoms with Crippen molar-refractivity contribution in [2.75, 3.05) is 0 Å². The van der Waals surface area contributed by atoms with Crippen LogP contribution < -0.4 is 5.32 Å². The number of amides is 1. The van der Waals surface area contributed by atoms with Crippen LogP contribution in [0.25, 0.3) is 0 Å². The number of hydrogen-bond acceptors (Lipinski definition) is 2. The first kappa shape index (κ1) is 14.4. The maximum atomic E-state index is 12.0. The van der Waals surface area contributed by atoms with Crippen LogP contribution in [0.4, 0.5) is 0 Å². The minimum atomic E-state index is -0.766. The van der Waals surface area contributed by atoms with Gasteiger partial charge in [-0.3, -0.25) is 9.59 Å². The fraction of sp³-hybridized carbons (Fsp3) is 0.867. The molecule has 2 saturated carbocycles. The molecule has 2 aliphatic rings. The highest BCUT2D eigenvalue weighted by molar-refractivity contribution is 5.78. The van der Waals surface area contributed by atoms with Crippen LogP contribution in [0.5, 0.6) is 0 Å². The Morgan fingerprint density at radius 3 is 2.26 bits per heavy atom. The van der Waals surface area contributed by atoms with Crippen LogP contribution in [-0.4, -0.2) is 23.0 Å². The van der Waals surface area contributed by atoms with Crippen LogP contribution in [-0.2, 0) is 9.59 Å². The summed E-state index contributed by atoms with van der Waals surface area (Å²) in [5.41, 5.74) is 0. The molecule has 0 heterocycles. The molecule has 0 aromatic heterocycles. The van der Waals surface area contributed by atoms with Crippen molar-refractivity contribution in [2.24, 2.45) is 11.8 Å². The molecule has 0 saturated heterocycles. The van der Waals surface area contributed by atoms with Gasteiger partial charge in [-0.25, -0.2) is 0 Å². The lowest BCUT2D eigenvalue weighted by Gasteiger charge is -2.20. The number of carbonyl (C=O) groups is 2. The molecule has 0 unspecified atom stereocenters. The number of hydrogen-bond donors (Lipinski definition) is 2. The fourth-order valence-electron chi connectivity index (χ4n) is 3.52. The number of carboxylic acids is 1. The second kappa shape index (κ2) is 6.92. The number of rotatable bonds is 4. The number of aliphatic carboxylic acids is 1. The zero-order valence-electron chi connectivity index (χ0n) is 11.6. The van der Waals surface area contributed by atoms with E-state index in [4.69, 9.17) is 5.11 Å². The monoisotopic (exact) mass is 267 g/mol. The Morgan fingerprint density at radius 1 is 0.947 bits per heavy atom. The van der Waals surface area contributed by atoms with Gasteiger partial charge in [0.2, 0.25) is 5.91 Å². The van der Waals surface area contributed by atoms with Gasteiger partial charge < -0.3 is 10.4 Å². The predicted octanol–water partition coefficient (Wildman–Crippen LogP) is 2.72. The van der Waals surface area contributed by atoms with Crippen molar-refractivity contribution in [1.29, 1.82) is 0 Å². The zero-order valence-corrected chi connectivity index (χ0v) is 11.6. The quantitative estimate of drug-likeness (QED) is 0.770. The van der Waals surface area contributed by atoms with Gasteiger partial charge in [-0.05, 0) is 31.6 Å². The summed E-state index contributed by atoms with van der Waals surface area (Å²) >= 11 is 0. The third-order valence-corrected chi connectivity index (χ3v) is 4.63. The van der Waals surface area contributed by atoms with Crippen molar-refractivity contribution >= 4 is 11.9 Å². The summed E-state index contributed by atoms with van der Waals surface area (Å²) in [6, 6.07) is -0.143. The third kappa shape index (κ3) is 4.22. The van der Waals surface area contributed by atoms with Gasteiger partial charge >= 0.3 is 5.97 Å². The molecule has 4 nitrogen and oxygen atoms in total. The lowest BCUT2D eigenvalue weighted by Crippen LogP contribution is -2.40. The highest BCUT2D eigenvalue weighted by Gasteiger charge is 2.34. The summed E-state index contributed by atoms with van der Waals surface area (Å²) < 4.78 is 0. The summed E-state index contributed by atoms with van der Waals surface area (Å²) in [6.07, 6.45) is 10.4. The normalized spacial score (nSPS) is 28.8. The van der Waals surface area contributed by atoms with Crippen LogP contribution in [0.2, 0.25) is 0 Å². The van der Waals surface area contributed by atoms with Gasteiger partial charge in [-0.15, -0.1) is 0 Å². The Balaban J connectivity index is 1.78. The number of carbonyl (C=O) groups excluding carboxylic acids is 1. The second-order valence-electron chi connectivity index (χ2n) is 6.11. The van der Waals surface area contributed by atoms with E-state index in [0.29, 0.717) is 18.8 Å². The standard InChI is InChI=1S/C15H25NO3/c17-14(10-11-6-3-1-2-4-7-11)16-13-9-5-8-12(13)15(18)19/h11-13H,1-10H2,(H,16,17)(H,18,19)/t12-,13+/m1/s1. The third-order valence-electron chi connectivity index (χ3n) is 4.63. The van der Waals surface area contributed by atoms with Crippen molar-refractivity contribution in [3.63, 3.8) is 0 Å². The SMILES string of the molecule is O=C(CC1CCCCCC1)N[C@H]1CCC[C@H]1C(=O)O. The summed E-state index contributed by atoms with van der Waals surface area (Å²) in [6.45, 7) is 0. The van der Waals surface area contributed by atoms with E-state index in [1.165, 1.54) is 25.7 Å². The van der Waals surface area contributed by atoms with E-state index in [9.17, 15) is 9.59 Å². The van der Waals surface area contributed by atoms with Gasteiger partial charge in [0.25, 0.3) is 0 Å². The molecule has 0 aromatic rings. The van der Waals surface area contributed by atoms with Gasteiger partial charge in [0.15, 0.2) is 0 Å². The summed E-state index contributed by atoms with van der Waals surface area (Å²) in [4.78, 5) is 23.1. The summed E-state index contributed by atoms with van der Waals surface area (Å²) in [5, 5.41) is 12.1. The first-order valence-corrected chi connectivity index (χ1v) is 7.69. The van der Waals surface area contributed by atoms with E-state index in [0.717, 1.165) is 25.7 Å². The molecule has 0 bridgehead atoms. The molecule has 2 atom stereocenters. The lowest BCUT2D eigenvalue weighted by atomic mass is 9.95. The predicted molar refractivity (Wildman–Crippen MR) is 72.7 cm³/mol. The molecule has 2 fully saturated rings. The van der Waals surface area contributed by atoms with Crippen LogP contribution in [0, 0.1) is 11.8 Å². The minimum absolute atomic E-state index is 0.0602. The van der Waals surface area contributed by atoms with Crippen molar-refractivity contribution in [2.45, 2.75) is 70.3 Å². The maximum Gasteiger partial charge on any atom is 0.308 e. The molecule has 2 rings (SSSR count). The van der Waals surface area contributed by atoms with E-state index >= 15 is 0 Å². The zero-order chi connectivity index (χ0) is 13.7. The Labute approximate surface area is 115 Å². The average Bonchev–Trinajstić information content (AvgIpc) is 2.66. The molecule has 2 N–H and O–H groups in total. The molecule has 19 heavy (non-hydrogen) atoms. The van der Waals surface area contributed by atoms with Crippen molar-refractivity contribution in [3.05, 3.63) is 0 Å². The number of nitrogens with one attached hydrogen (secondary N) is 1. The van der Waals surface area contributed by atoms with Crippen molar-refractivity contribution < 1.29 is 14.7 Å². The van der Waals surface area contributed by atoms with E-state index in [-0.39, 0.29) is 17.9 Å². The van der Waals surface area contributed by atoms with Gasteiger partial charge in [-0.2, -0.15) is 0 Å².